The normalized spacial score (nSPS) is 10.8. The summed E-state index contributed by atoms with van der Waals surface area (Å²) < 4.78 is 80.9. The zero-order chi connectivity index (χ0) is 65.5. The Morgan fingerprint density at radius 1 is 0.461 bits per heavy atom. The van der Waals surface area contributed by atoms with Gasteiger partial charge in [0.05, 0.1) is 34.1 Å². The molecule has 0 atom stereocenters. The molecule has 0 spiro atoms. The number of carbonyl (C=O) groups excluding carboxylic acids is 5. The van der Waals surface area contributed by atoms with Crippen LogP contribution in [0.5, 0.6) is 0 Å². The highest BCUT2D eigenvalue weighted by atomic mass is 32.1. The summed E-state index contributed by atoms with van der Waals surface area (Å²) in [6.45, 7) is 10.5. The Morgan fingerprint density at radius 2 is 0.798 bits per heavy atom. The van der Waals surface area contributed by atoms with Crippen LogP contribution in [-0.4, -0.2) is 61.2 Å². The molecule has 89 heavy (non-hydrogen) atoms. The number of thiazole rings is 3. The number of alkyl halides is 6. The summed E-state index contributed by atoms with van der Waals surface area (Å²) in [5.41, 5.74) is 22.3. The van der Waals surface area contributed by atoms with Gasteiger partial charge in [0.25, 0.3) is 17.7 Å². The summed E-state index contributed by atoms with van der Waals surface area (Å²) in [5.74, 6) is -2.03. The van der Waals surface area contributed by atoms with Gasteiger partial charge in [0, 0.05) is 63.1 Å². The summed E-state index contributed by atoms with van der Waals surface area (Å²) in [6, 6.07) is 35.2. The number of nitrogens with one attached hydrogen (secondary N) is 4. The lowest BCUT2D eigenvalue weighted by molar-refractivity contribution is -0.138. The molecule has 0 aliphatic heterocycles. The van der Waals surface area contributed by atoms with Crippen molar-refractivity contribution in [1.82, 2.24) is 15.0 Å². The van der Waals surface area contributed by atoms with Crippen molar-refractivity contribution in [2.24, 2.45) is 0 Å². The first-order chi connectivity index (χ1) is 41.9. The third-order valence-electron chi connectivity index (χ3n) is 11.3. The van der Waals surface area contributed by atoms with Gasteiger partial charge in [0.15, 0.2) is 0 Å². The number of anilines is 6. The van der Waals surface area contributed by atoms with Crippen LogP contribution in [0.3, 0.4) is 0 Å². The maximum Gasteiger partial charge on any atom is 0.416 e. The Kier molecular flexibility index (Phi) is 25.8. The summed E-state index contributed by atoms with van der Waals surface area (Å²) in [5, 5.41) is 24.3. The molecule has 0 radical (unpaired) electrons. The largest absolute Gasteiger partial charge is 0.481 e. The van der Waals surface area contributed by atoms with E-state index in [-0.39, 0.29) is 41.9 Å². The van der Waals surface area contributed by atoms with E-state index >= 15 is 0 Å². The Labute approximate surface area is 520 Å². The second-order valence-electron chi connectivity index (χ2n) is 20.3. The first-order valence-electron chi connectivity index (χ1n) is 26.4. The summed E-state index contributed by atoms with van der Waals surface area (Å²) in [6.07, 6.45) is -9.72. The van der Waals surface area contributed by atoms with Gasteiger partial charge in [-0.15, -0.1) is 34.0 Å². The molecule has 6 aromatic carbocycles. The number of carbonyl (C=O) groups is 6. The number of benzene rings is 6. The van der Waals surface area contributed by atoms with Crippen molar-refractivity contribution in [2.45, 2.75) is 78.8 Å². The van der Waals surface area contributed by atoms with Crippen molar-refractivity contribution in [3.8, 4) is 0 Å². The van der Waals surface area contributed by atoms with E-state index in [4.69, 9.17) is 21.3 Å². The topological polar surface area (TPSA) is 271 Å². The smallest absolute Gasteiger partial charge is 0.416 e. The number of carboxylic acids is 1. The number of aromatic nitrogens is 3. The second-order valence-corrected chi connectivity index (χ2v) is 22.4. The fourth-order valence-electron chi connectivity index (χ4n) is 7.41. The molecule has 0 aliphatic rings. The summed E-state index contributed by atoms with van der Waals surface area (Å²) in [7, 11) is 0. The van der Waals surface area contributed by atoms with E-state index < -0.39 is 47.6 Å². The van der Waals surface area contributed by atoms with E-state index in [1.54, 1.807) is 118 Å². The van der Waals surface area contributed by atoms with Crippen molar-refractivity contribution in [3.63, 3.8) is 0 Å². The van der Waals surface area contributed by atoms with Gasteiger partial charge in [-0.2, -0.15) is 26.3 Å². The molecule has 3 heterocycles. The zero-order valence-electron chi connectivity index (χ0n) is 48.6. The molecule has 0 saturated heterocycles. The third-order valence-corrected chi connectivity index (χ3v) is 13.1. The Balaban J connectivity index is 0.000000210. The third kappa shape index (κ3) is 26.0. The van der Waals surface area contributed by atoms with Crippen LogP contribution in [0.15, 0.2) is 166 Å². The van der Waals surface area contributed by atoms with Crippen molar-refractivity contribution in [1.29, 1.82) is 0 Å². The van der Waals surface area contributed by atoms with Crippen molar-refractivity contribution in [3.05, 3.63) is 228 Å². The number of Topliss-reactive ketones (excluding diaryl/α,β-unsaturated/α-hetero) is 1. The highest BCUT2D eigenvalue weighted by Gasteiger charge is 2.32. The van der Waals surface area contributed by atoms with Crippen LogP contribution in [0, 0.1) is 20.8 Å². The molecule has 0 aliphatic carbocycles. The molecule has 466 valence electrons. The number of rotatable bonds is 13. The van der Waals surface area contributed by atoms with Crippen molar-refractivity contribution in [2.75, 3.05) is 32.7 Å². The highest BCUT2D eigenvalue weighted by Crippen LogP contribution is 2.32. The maximum absolute atomic E-state index is 12.9. The van der Waals surface area contributed by atoms with Gasteiger partial charge in [-0.05, 0) is 155 Å². The molecule has 0 unspecified atom stereocenters. The molecule has 9 aromatic rings. The second kappa shape index (κ2) is 32.8. The Hall–Kier alpha value is -9.79. The van der Waals surface area contributed by atoms with E-state index in [9.17, 15) is 55.1 Å². The van der Waals surface area contributed by atoms with Crippen molar-refractivity contribution < 1.29 is 65.0 Å². The van der Waals surface area contributed by atoms with E-state index in [1.807, 2.05) is 52.0 Å². The Morgan fingerprint density at radius 3 is 1.13 bits per heavy atom. The van der Waals surface area contributed by atoms with Gasteiger partial charge in [-0.25, -0.2) is 19.7 Å². The van der Waals surface area contributed by atoms with Gasteiger partial charge in [0.2, 0.25) is 0 Å². The monoisotopic (exact) mass is 1280 g/mol. The maximum atomic E-state index is 12.9. The lowest BCUT2D eigenvalue weighted by Gasteiger charge is -2.19. The van der Waals surface area contributed by atoms with E-state index in [0.29, 0.717) is 67.8 Å². The number of nitrogens with two attached hydrogens (primary N) is 2. The predicted molar refractivity (Wildman–Crippen MR) is 336 cm³/mol. The average Bonchev–Trinajstić information content (AvgIpc) is 3.22. The quantitative estimate of drug-likeness (QED) is 0.0419. The number of carboxylic acid groups (broad SMARTS) is 1. The number of aryl methyl sites for hydroxylation is 3. The lowest BCUT2D eigenvalue weighted by atomic mass is 9.99. The van der Waals surface area contributed by atoms with Crippen molar-refractivity contribution >= 4 is 104 Å². The average molecular weight is 1280 g/mol. The minimum Gasteiger partial charge on any atom is -0.481 e. The SMILES string of the molecule is CC(C)(C)OC(=O)Nc1ccc(N)cc1.Cc1cc(CC(=O)Cc2ccc(NC(=O)c3cscn3)cc2)cc(C(F)(F)F)c1.Cc1cc(CC(=O)O)cc(C(F)(F)F)c1.Cc1ccc(NC(=O)c2cscn2)cc1.Nc1ccc(NC(=O)c2cscn2)cc1. The predicted octanol–water partition coefficient (Wildman–Crippen LogP) is 15.0. The first kappa shape index (κ1) is 70.0. The van der Waals surface area contributed by atoms with E-state index in [1.165, 1.54) is 52.6 Å². The number of ether oxygens (including phenoxy) is 1. The molecule has 9 N–H and O–H groups in total. The van der Waals surface area contributed by atoms with Gasteiger partial charge in [-0.3, -0.25) is 29.3 Å². The number of halogens is 6. The fourth-order valence-corrected chi connectivity index (χ4v) is 9.00. The summed E-state index contributed by atoms with van der Waals surface area (Å²) >= 11 is 4.12. The molecule has 9 rings (SSSR count). The molecular formula is C63H61F6N9O8S3. The molecule has 0 saturated carbocycles. The number of ketones is 1. The molecule has 17 nitrogen and oxygen atoms in total. The zero-order valence-corrected chi connectivity index (χ0v) is 51.0. The molecule has 4 amide bonds. The van der Waals surface area contributed by atoms with Crippen LogP contribution in [0.1, 0.15) is 96.7 Å². The number of amides is 4. The minimum atomic E-state index is -4.44. The van der Waals surface area contributed by atoms with Crippen LogP contribution in [-0.2, 0) is 45.9 Å². The molecule has 3 aromatic heterocycles. The molecule has 0 fully saturated rings. The van der Waals surface area contributed by atoms with E-state index in [2.05, 4.69) is 36.2 Å². The standard InChI is InChI=1S/C21H17F3N2O2S.C11H16N2O2.C11H10N2OS.C10H9F3O2.C10H9N3OS/c1-13-6-15(8-16(7-13)21(22,23)24)10-18(27)9-14-2-4-17(5-3-14)26-20(28)19-11-29-12-25-19;1-11(2,3)15-10(14)13-9-6-4-8(12)5-7-9;1-8-2-4-9(5-3-8)13-11(14)10-6-15-7-12-10;1-6-2-7(5-9(14)15)4-8(3-6)10(11,12)13;11-7-1-3-8(4-2-7)13-10(14)9-5-15-6-12-9/h2-8,11-12H,9-10H2,1H3,(H,26,28);4-7H,12H2,1-3H3,(H,13,14);2-7H,1H3,(H,13,14);2-4H,5H2,1H3,(H,14,15);1-6H,11H2,(H,13,14). The van der Waals surface area contributed by atoms with Gasteiger partial charge < -0.3 is 37.3 Å². The number of hydrogen-bond donors (Lipinski definition) is 7. The number of hydrogen-bond acceptors (Lipinski definition) is 15. The summed E-state index contributed by atoms with van der Waals surface area (Å²) in [4.78, 5) is 80.9. The molecule has 26 heteroatoms. The van der Waals surface area contributed by atoms with Crippen LogP contribution in [0.2, 0.25) is 0 Å². The number of nitrogens with zero attached hydrogens (tertiary/aromatic N) is 3. The van der Waals surface area contributed by atoms with Gasteiger partial charge >= 0.3 is 24.4 Å². The fraction of sp³-hybridized carbons (Fsp3) is 0.190. The van der Waals surface area contributed by atoms with Crippen LogP contribution in [0.25, 0.3) is 0 Å². The number of aliphatic carboxylic acids is 1. The number of nitrogen functional groups attached to an aromatic ring is 2. The van der Waals surface area contributed by atoms with E-state index in [0.717, 1.165) is 30.0 Å². The van der Waals surface area contributed by atoms with Crippen LogP contribution < -0.4 is 32.7 Å². The van der Waals surface area contributed by atoms with Gasteiger partial charge in [-0.1, -0.05) is 53.1 Å². The highest BCUT2D eigenvalue weighted by molar-refractivity contribution is 7.08. The van der Waals surface area contributed by atoms with Gasteiger partial charge in [0.1, 0.15) is 28.5 Å². The Bertz CT molecular complexity index is 3660. The first-order valence-corrected chi connectivity index (χ1v) is 29.2. The lowest BCUT2D eigenvalue weighted by Crippen LogP contribution is -2.27. The van der Waals surface area contributed by atoms with Crippen LogP contribution >= 0.6 is 34.0 Å². The molecule has 0 bridgehead atoms. The van der Waals surface area contributed by atoms with Crippen LogP contribution in [0.4, 0.5) is 65.3 Å². The minimum absolute atomic E-state index is 0.0763. The molecular weight excluding hydrogens is 1220 g/mol.